The van der Waals surface area contributed by atoms with Crippen LogP contribution in [0.1, 0.15) is 12.5 Å². The molecule has 1 rings (SSSR count). The van der Waals surface area contributed by atoms with Crippen molar-refractivity contribution in [1.82, 2.24) is 0 Å². The number of carbonyl (C=O) groups excluding carboxylic acids is 1. The summed E-state index contributed by atoms with van der Waals surface area (Å²) in [6, 6.07) is 6.67. The molecule has 62 valence electrons. The van der Waals surface area contributed by atoms with Crippen molar-refractivity contribution in [3.05, 3.63) is 34.7 Å². The summed E-state index contributed by atoms with van der Waals surface area (Å²) in [5.41, 5.74) is 1.30. The summed E-state index contributed by atoms with van der Waals surface area (Å²) in [5.74, 6) is 0.113. The van der Waals surface area contributed by atoms with Gasteiger partial charge in [-0.2, -0.15) is 0 Å². The first kappa shape index (κ1) is 8.59. The number of rotatable bonds is 3. The highest BCUT2D eigenvalue weighted by Crippen LogP contribution is 2.12. The lowest BCUT2D eigenvalue weighted by atomic mass is 10.1. The minimum absolute atomic E-state index is 0.113. The molecule has 0 spiro atoms. The van der Waals surface area contributed by atoms with Gasteiger partial charge in [0.05, 0.1) is 0 Å². The molecule has 1 aromatic carbocycles. The first-order valence-electron chi connectivity index (χ1n) is 3.64. The quantitative estimate of drug-likeness (QED) is 0.641. The molecule has 0 heterocycles. The molecular weight excluding hydrogens is 154 g/mol. The Balaban J connectivity index is 2.77. The van der Waals surface area contributed by atoms with Crippen molar-refractivity contribution < 1.29 is 4.79 Å². The van der Waals surface area contributed by atoms with Gasteiger partial charge in [-0.15, -0.1) is 4.91 Å². The van der Waals surface area contributed by atoms with E-state index in [4.69, 9.17) is 0 Å². The molecule has 0 aliphatic heterocycles. The summed E-state index contributed by atoms with van der Waals surface area (Å²) < 4.78 is 0. The zero-order chi connectivity index (χ0) is 8.97. The SMILES string of the molecule is CC(=O)Cc1ccc(N=O)cc1. The first-order chi connectivity index (χ1) is 5.72. The normalized spacial score (nSPS) is 9.42. The average molecular weight is 163 g/mol. The number of hydrogen-bond donors (Lipinski definition) is 0. The molecule has 1 aromatic rings. The lowest BCUT2D eigenvalue weighted by Crippen LogP contribution is -1.94. The number of carbonyl (C=O) groups is 1. The monoisotopic (exact) mass is 163 g/mol. The number of ketones is 1. The van der Waals surface area contributed by atoms with Crippen molar-refractivity contribution in [3.63, 3.8) is 0 Å². The van der Waals surface area contributed by atoms with Crippen LogP contribution in [-0.4, -0.2) is 5.78 Å². The fraction of sp³-hybridized carbons (Fsp3) is 0.222. The van der Waals surface area contributed by atoms with E-state index in [2.05, 4.69) is 5.18 Å². The molecule has 3 nitrogen and oxygen atoms in total. The summed E-state index contributed by atoms with van der Waals surface area (Å²) in [7, 11) is 0. The van der Waals surface area contributed by atoms with Crippen molar-refractivity contribution in [3.8, 4) is 0 Å². The molecule has 0 bridgehead atoms. The first-order valence-corrected chi connectivity index (χ1v) is 3.64. The highest BCUT2D eigenvalue weighted by Gasteiger charge is 1.97. The minimum Gasteiger partial charge on any atom is -0.300 e. The van der Waals surface area contributed by atoms with Crippen molar-refractivity contribution in [1.29, 1.82) is 0 Å². The topological polar surface area (TPSA) is 46.5 Å². The fourth-order valence-electron chi connectivity index (χ4n) is 0.962. The lowest BCUT2D eigenvalue weighted by Gasteiger charge is -1.95. The highest BCUT2D eigenvalue weighted by atomic mass is 16.3. The van der Waals surface area contributed by atoms with Gasteiger partial charge in [0.15, 0.2) is 0 Å². The molecule has 0 aliphatic rings. The third-order valence-corrected chi connectivity index (χ3v) is 1.49. The zero-order valence-electron chi connectivity index (χ0n) is 6.78. The van der Waals surface area contributed by atoms with Gasteiger partial charge in [-0.25, -0.2) is 0 Å². The van der Waals surface area contributed by atoms with Crippen LogP contribution in [-0.2, 0) is 11.2 Å². The van der Waals surface area contributed by atoms with Crippen LogP contribution in [0, 0.1) is 4.91 Å². The Labute approximate surface area is 70.4 Å². The van der Waals surface area contributed by atoms with Crippen LogP contribution in [0.5, 0.6) is 0 Å². The molecule has 0 atom stereocenters. The predicted molar refractivity (Wildman–Crippen MR) is 46.3 cm³/mol. The molecule has 0 N–H and O–H groups in total. The zero-order valence-corrected chi connectivity index (χ0v) is 6.78. The van der Waals surface area contributed by atoms with Crippen molar-refractivity contribution in [2.24, 2.45) is 5.18 Å². The van der Waals surface area contributed by atoms with E-state index in [1.807, 2.05) is 0 Å². The molecule has 12 heavy (non-hydrogen) atoms. The van der Waals surface area contributed by atoms with Gasteiger partial charge >= 0.3 is 0 Å². The Kier molecular flexibility index (Phi) is 2.69. The standard InChI is InChI=1S/C9H9NO2/c1-7(11)6-8-2-4-9(10-12)5-3-8/h2-5H,6H2,1H3. The summed E-state index contributed by atoms with van der Waals surface area (Å²) in [4.78, 5) is 20.7. The van der Waals surface area contributed by atoms with Gasteiger partial charge in [-0.1, -0.05) is 12.1 Å². The van der Waals surface area contributed by atoms with E-state index in [0.29, 0.717) is 12.1 Å². The Bertz CT molecular complexity index is 290. The third-order valence-electron chi connectivity index (χ3n) is 1.49. The van der Waals surface area contributed by atoms with Gasteiger partial charge in [0.1, 0.15) is 11.5 Å². The predicted octanol–water partition coefficient (Wildman–Crippen LogP) is 2.22. The lowest BCUT2D eigenvalue weighted by molar-refractivity contribution is -0.116. The number of hydrogen-bond acceptors (Lipinski definition) is 3. The van der Waals surface area contributed by atoms with Gasteiger partial charge in [-0.3, -0.25) is 4.79 Å². The summed E-state index contributed by atoms with van der Waals surface area (Å²) in [5, 5.41) is 2.76. The third kappa shape index (κ3) is 2.27. The van der Waals surface area contributed by atoms with Gasteiger partial charge in [0, 0.05) is 6.42 Å². The molecule has 0 aliphatic carbocycles. The second kappa shape index (κ2) is 3.76. The van der Waals surface area contributed by atoms with Crippen LogP contribution in [0.15, 0.2) is 29.4 Å². The summed E-state index contributed by atoms with van der Waals surface area (Å²) >= 11 is 0. The van der Waals surface area contributed by atoms with E-state index in [0.717, 1.165) is 5.56 Å². The molecule has 0 radical (unpaired) electrons. The maximum atomic E-state index is 10.7. The van der Waals surface area contributed by atoms with Gasteiger partial charge in [-0.05, 0) is 29.8 Å². The second-order valence-corrected chi connectivity index (χ2v) is 2.64. The molecular formula is C9H9NO2. The summed E-state index contributed by atoms with van der Waals surface area (Å²) in [6.07, 6.45) is 0.416. The maximum Gasteiger partial charge on any atom is 0.134 e. The van der Waals surface area contributed by atoms with E-state index >= 15 is 0 Å². The van der Waals surface area contributed by atoms with Gasteiger partial charge in [0.25, 0.3) is 0 Å². The second-order valence-electron chi connectivity index (χ2n) is 2.64. The Hall–Kier alpha value is -1.51. The summed E-state index contributed by atoms with van der Waals surface area (Å²) in [6.45, 7) is 1.53. The largest absolute Gasteiger partial charge is 0.300 e. The van der Waals surface area contributed by atoms with E-state index < -0.39 is 0 Å². The minimum atomic E-state index is 0.113. The molecule has 0 unspecified atom stereocenters. The van der Waals surface area contributed by atoms with Crippen LogP contribution in [0.2, 0.25) is 0 Å². The van der Waals surface area contributed by atoms with E-state index in [-0.39, 0.29) is 5.78 Å². The van der Waals surface area contributed by atoms with Crippen LogP contribution < -0.4 is 0 Å². The van der Waals surface area contributed by atoms with Gasteiger partial charge in [0.2, 0.25) is 0 Å². The van der Waals surface area contributed by atoms with Crippen molar-refractivity contribution in [2.75, 3.05) is 0 Å². The van der Waals surface area contributed by atoms with Crippen molar-refractivity contribution in [2.45, 2.75) is 13.3 Å². The van der Waals surface area contributed by atoms with Crippen LogP contribution in [0.3, 0.4) is 0 Å². The molecule has 3 heteroatoms. The fourth-order valence-corrected chi connectivity index (χ4v) is 0.962. The van der Waals surface area contributed by atoms with Crippen LogP contribution in [0.4, 0.5) is 5.69 Å². The number of nitroso groups, excluding NO2 is 1. The van der Waals surface area contributed by atoms with Crippen molar-refractivity contribution >= 4 is 11.5 Å². The number of nitrogens with zero attached hydrogens (tertiary/aromatic N) is 1. The van der Waals surface area contributed by atoms with E-state index in [1.54, 1.807) is 24.3 Å². The molecule has 0 fully saturated rings. The average Bonchev–Trinajstić information content (AvgIpc) is 2.05. The van der Waals surface area contributed by atoms with E-state index in [9.17, 15) is 9.70 Å². The Morgan fingerprint density at radius 3 is 2.33 bits per heavy atom. The Morgan fingerprint density at radius 1 is 1.33 bits per heavy atom. The number of Topliss-reactive ketones (excluding diaryl/α,β-unsaturated/α-hetero) is 1. The molecule has 0 aromatic heterocycles. The Morgan fingerprint density at radius 2 is 1.92 bits per heavy atom. The molecule has 0 amide bonds. The highest BCUT2D eigenvalue weighted by molar-refractivity contribution is 5.78. The number of benzene rings is 1. The van der Waals surface area contributed by atoms with Crippen LogP contribution in [0.25, 0.3) is 0 Å². The maximum absolute atomic E-state index is 10.7. The smallest absolute Gasteiger partial charge is 0.134 e. The molecule has 0 saturated heterocycles. The van der Waals surface area contributed by atoms with E-state index in [1.165, 1.54) is 6.92 Å². The molecule has 0 saturated carbocycles. The van der Waals surface area contributed by atoms with Gasteiger partial charge < -0.3 is 0 Å². The van der Waals surface area contributed by atoms with Crippen LogP contribution >= 0.6 is 0 Å².